The first-order valence-electron chi connectivity index (χ1n) is 6.87. The van der Waals surface area contributed by atoms with Gasteiger partial charge in [0.15, 0.2) is 0 Å². The van der Waals surface area contributed by atoms with Gasteiger partial charge in [-0.3, -0.25) is 0 Å². The third-order valence-electron chi connectivity index (χ3n) is 4.51. The molecule has 0 fully saturated rings. The standard InChI is InChI=1S/C17H22ClNS/c1-9-10(2)12(4)16(13(5)11(9)3)17(19-6)14-7-8-15(18)20-14/h7-8,17,19H,1-6H3. The van der Waals surface area contributed by atoms with Crippen molar-refractivity contribution >= 4 is 22.9 Å². The van der Waals surface area contributed by atoms with Crippen LogP contribution in [-0.4, -0.2) is 7.05 Å². The van der Waals surface area contributed by atoms with E-state index < -0.39 is 0 Å². The van der Waals surface area contributed by atoms with Crippen molar-refractivity contribution in [2.24, 2.45) is 0 Å². The maximum atomic E-state index is 6.11. The molecule has 1 aromatic heterocycles. The number of rotatable bonds is 3. The normalized spacial score (nSPS) is 12.8. The first-order valence-corrected chi connectivity index (χ1v) is 8.07. The molecule has 0 aliphatic rings. The molecule has 0 aliphatic carbocycles. The van der Waals surface area contributed by atoms with Gasteiger partial charge in [-0.1, -0.05) is 11.6 Å². The van der Waals surface area contributed by atoms with Crippen LogP contribution in [0, 0.1) is 34.6 Å². The zero-order valence-corrected chi connectivity index (χ0v) is 14.6. The lowest BCUT2D eigenvalue weighted by Crippen LogP contribution is -2.20. The van der Waals surface area contributed by atoms with Crippen LogP contribution in [0.2, 0.25) is 4.34 Å². The van der Waals surface area contributed by atoms with E-state index in [-0.39, 0.29) is 6.04 Å². The lowest BCUT2D eigenvalue weighted by molar-refractivity contribution is 0.692. The van der Waals surface area contributed by atoms with Gasteiger partial charge in [0.1, 0.15) is 0 Å². The number of benzene rings is 1. The largest absolute Gasteiger partial charge is 0.309 e. The second-order valence-electron chi connectivity index (χ2n) is 5.40. The van der Waals surface area contributed by atoms with Crippen molar-refractivity contribution in [1.82, 2.24) is 5.32 Å². The summed E-state index contributed by atoms with van der Waals surface area (Å²) in [7, 11) is 2.02. The molecule has 0 saturated carbocycles. The average Bonchev–Trinajstić information content (AvgIpc) is 2.85. The Balaban J connectivity index is 2.67. The summed E-state index contributed by atoms with van der Waals surface area (Å²) in [4.78, 5) is 1.27. The monoisotopic (exact) mass is 307 g/mol. The summed E-state index contributed by atoms with van der Waals surface area (Å²) in [6.07, 6.45) is 0. The van der Waals surface area contributed by atoms with Crippen LogP contribution in [0.15, 0.2) is 12.1 Å². The minimum absolute atomic E-state index is 0.213. The first-order chi connectivity index (χ1) is 9.38. The third kappa shape index (κ3) is 2.52. The molecule has 2 rings (SSSR count). The quantitative estimate of drug-likeness (QED) is 0.816. The van der Waals surface area contributed by atoms with Crippen LogP contribution in [0.4, 0.5) is 0 Å². The first kappa shape index (κ1) is 15.6. The van der Waals surface area contributed by atoms with Crippen LogP contribution < -0.4 is 5.32 Å². The van der Waals surface area contributed by atoms with E-state index in [1.54, 1.807) is 11.3 Å². The zero-order valence-electron chi connectivity index (χ0n) is 13.0. The fourth-order valence-corrected chi connectivity index (χ4v) is 4.06. The smallest absolute Gasteiger partial charge is 0.0931 e. The summed E-state index contributed by atoms with van der Waals surface area (Å²) < 4.78 is 0.844. The van der Waals surface area contributed by atoms with E-state index in [1.165, 1.54) is 38.3 Å². The minimum atomic E-state index is 0.213. The van der Waals surface area contributed by atoms with E-state index in [1.807, 2.05) is 13.1 Å². The van der Waals surface area contributed by atoms with Gasteiger partial charge >= 0.3 is 0 Å². The van der Waals surface area contributed by atoms with Crippen molar-refractivity contribution in [1.29, 1.82) is 0 Å². The fraction of sp³-hybridized carbons (Fsp3) is 0.412. The Morgan fingerprint density at radius 3 is 1.80 bits per heavy atom. The molecule has 0 aliphatic heterocycles. The van der Waals surface area contributed by atoms with Gasteiger partial charge in [-0.25, -0.2) is 0 Å². The van der Waals surface area contributed by atoms with Crippen LogP contribution in [-0.2, 0) is 0 Å². The van der Waals surface area contributed by atoms with Gasteiger partial charge in [0.25, 0.3) is 0 Å². The highest BCUT2D eigenvalue weighted by Crippen LogP contribution is 2.36. The molecule has 108 valence electrons. The molecule has 1 unspecified atom stereocenters. The van der Waals surface area contributed by atoms with Crippen molar-refractivity contribution in [2.45, 2.75) is 40.7 Å². The minimum Gasteiger partial charge on any atom is -0.309 e. The Morgan fingerprint density at radius 1 is 0.900 bits per heavy atom. The van der Waals surface area contributed by atoms with Crippen molar-refractivity contribution in [3.05, 3.63) is 54.7 Å². The van der Waals surface area contributed by atoms with Gasteiger partial charge in [0, 0.05) is 4.88 Å². The van der Waals surface area contributed by atoms with E-state index >= 15 is 0 Å². The molecule has 1 heterocycles. The van der Waals surface area contributed by atoms with Crippen molar-refractivity contribution < 1.29 is 0 Å². The zero-order chi connectivity index (χ0) is 15.0. The molecule has 0 bridgehead atoms. The van der Waals surface area contributed by atoms with Gasteiger partial charge < -0.3 is 5.32 Å². The van der Waals surface area contributed by atoms with Gasteiger partial charge in [0.2, 0.25) is 0 Å². The summed E-state index contributed by atoms with van der Waals surface area (Å²) in [6, 6.07) is 4.31. The van der Waals surface area contributed by atoms with Crippen LogP contribution in [0.25, 0.3) is 0 Å². The number of hydrogen-bond acceptors (Lipinski definition) is 2. The lowest BCUT2D eigenvalue weighted by atomic mass is 9.86. The van der Waals surface area contributed by atoms with E-state index in [0.717, 1.165) is 4.34 Å². The summed E-state index contributed by atoms with van der Waals surface area (Å²) in [5.41, 5.74) is 8.36. The van der Waals surface area contributed by atoms with E-state index in [2.05, 4.69) is 46.0 Å². The molecule has 3 heteroatoms. The Labute approximate surface area is 131 Å². The molecule has 2 aromatic rings. The Kier molecular flexibility index (Phi) is 4.58. The molecular formula is C17H22ClNS. The number of nitrogens with one attached hydrogen (secondary N) is 1. The second-order valence-corrected chi connectivity index (χ2v) is 7.15. The maximum Gasteiger partial charge on any atom is 0.0931 e. The molecular weight excluding hydrogens is 286 g/mol. The molecule has 0 spiro atoms. The molecule has 0 amide bonds. The topological polar surface area (TPSA) is 12.0 Å². The molecule has 1 N–H and O–H groups in total. The van der Waals surface area contributed by atoms with E-state index in [9.17, 15) is 0 Å². The van der Waals surface area contributed by atoms with E-state index in [0.29, 0.717) is 0 Å². The predicted octanol–water partition coefficient (Wildman–Crippen LogP) is 5.25. The van der Waals surface area contributed by atoms with Crippen molar-refractivity contribution in [2.75, 3.05) is 7.05 Å². The van der Waals surface area contributed by atoms with Gasteiger partial charge in [0.05, 0.1) is 10.4 Å². The highest BCUT2D eigenvalue weighted by atomic mass is 35.5. The number of hydrogen-bond donors (Lipinski definition) is 1. The highest BCUT2D eigenvalue weighted by Gasteiger charge is 2.21. The summed E-state index contributed by atoms with van der Waals surface area (Å²) in [5, 5.41) is 3.46. The van der Waals surface area contributed by atoms with Crippen LogP contribution in [0.3, 0.4) is 0 Å². The Hall–Kier alpha value is -0.830. The van der Waals surface area contributed by atoms with Crippen molar-refractivity contribution in [3.63, 3.8) is 0 Å². The third-order valence-corrected chi connectivity index (χ3v) is 5.81. The highest BCUT2D eigenvalue weighted by molar-refractivity contribution is 7.16. The van der Waals surface area contributed by atoms with E-state index in [4.69, 9.17) is 11.6 Å². The van der Waals surface area contributed by atoms with Gasteiger partial charge in [-0.05, 0) is 87.2 Å². The molecule has 1 aromatic carbocycles. The molecule has 1 atom stereocenters. The lowest BCUT2D eigenvalue weighted by Gasteiger charge is -2.25. The average molecular weight is 308 g/mol. The van der Waals surface area contributed by atoms with Crippen LogP contribution >= 0.6 is 22.9 Å². The summed E-state index contributed by atoms with van der Waals surface area (Å²) >= 11 is 7.76. The second kappa shape index (κ2) is 5.88. The maximum absolute atomic E-state index is 6.11. The Bertz CT molecular complexity index is 614. The SMILES string of the molecule is CNC(c1ccc(Cl)s1)c1c(C)c(C)c(C)c(C)c1C. The summed E-state index contributed by atoms with van der Waals surface area (Å²) in [6.45, 7) is 11.1. The van der Waals surface area contributed by atoms with Crippen LogP contribution in [0.1, 0.15) is 44.3 Å². The summed E-state index contributed by atoms with van der Waals surface area (Å²) in [5.74, 6) is 0. The van der Waals surface area contributed by atoms with Gasteiger partial charge in [-0.15, -0.1) is 11.3 Å². The molecule has 1 nitrogen and oxygen atoms in total. The fourth-order valence-electron chi connectivity index (χ4n) is 2.87. The predicted molar refractivity (Wildman–Crippen MR) is 90.4 cm³/mol. The molecule has 0 saturated heterocycles. The van der Waals surface area contributed by atoms with Crippen molar-refractivity contribution in [3.8, 4) is 0 Å². The molecule has 20 heavy (non-hydrogen) atoms. The Morgan fingerprint density at radius 2 is 1.40 bits per heavy atom. The van der Waals surface area contributed by atoms with Crippen LogP contribution in [0.5, 0.6) is 0 Å². The van der Waals surface area contributed by atoms with Gasteiger partial charge in [-0.2, -0.15) is 0 Å². The number of thiophene rings is 1. The molecule has 0 radical (unpaired) electrons. The number of halogens is 1.